The first-order valence-corrected chi connectivity index (χ1v) is 8.52. The van der Waals surface area contributed by atoms with Crippen molar-refractivity contribution >= 4 is 9.84 Å². The quantitative estimate of drug-likeness (QED) is 0.735. The number of hydrogen-bond donors (Lipinski definition) is 1. The largest absolute Gasteiger partial charge is 0.314 e. The van der Waals surface area contributed by atoms with E-state index in [1.165, 1.54) is 11.8 Å². The van der Waals surface area contributed by atoms with Crippen LogP contribution in [0.2, 0.25) is 0 Å². The Morgan fingerprint density at radius 3 is 2.44 bits per heavy atom. The summed E-state index contributed by atoms with van der Waals surface area (Å²) in [5, 5.41) is 3.43. The Morgan fingerprint density at radius 1 is 1.22 bits per heavy atom. The zero-order chi connectivity index (χ0) is 13.4. The summed E-state index contributed by atoms with van der Waals surface area (Å²) < 4.78 is 22.0. The van der Waals surface area contributed by atoms with Gasteiger partial charge in [-0.25, -0.2) is 8.42 Å². The molecule has 0 aliphatic carbocycles. The molecule has 1 N–H and O–H groups in total. The lowest BCUT2D eigenvalue weighted by molar-refractivity contribution is 0.493. The number of benzene rings is 1. The van der Waals surface area contributed by atoms with E-state index in [2.05, 4.69) is 24.4 Å². The minimum absolute atomic E-state index is 0.266. The summed E-state index contributed by atoms with van der Waals surface area (Å²) in [6.45, 7) is 2.91. The zero-order valence-electron chi connectivity index (χ0n) is 11.2. The predicted molar refractivity (Wildman–Crippen MR) is 76.6 cm³/mol. The minimum Gasteiger partial charge on any atom is -0.314 e. The highest BCUT2D eigenvalue weighted by Gasteiger charge is 2.07. The molecule has 1 unspecified atom stereocenters. The zero-order valence-corrected chi connectivity index (χ0v) is 12.0. The first kappa shape index (κ1) is 15.2. The smallest absolute Gasteiger partial charge is 0.147 e. The molecule has 0 saturated carbocycles. The summed E-state index contributed by atoms with van der Waals surface area (Å²) in [4.78, 5) is 0. The van der Waals surface area contributed by atoms with E-state index in [0.717, 1.165) is 19.4 Å². The van der Waals surface area contributed by atoms with Crippen LogP contribution in [0.4, 0.5) is 0 Å². The van der Waals surface area contributed by atoms with Crippen LogP contribution in [0.3, 0.4) is 0 Å². The SMILES string of the molecule is CCC(Cc1ccccc1)NCCCS(C)(=O)=O. The van der Waals surface area contributed by atoms with Gasteiger partial charge in [-0.1, -0.05) is 37.3 Å². The maximum absolute atomic E-state index is 11.0. The van der Waals surface area contributed by atoms with Crippen LogP contribution in [0, 0.1) is 0 Å². The molecular weight excluding hydrogens is 246 g/mol. The van der Waals surface area contributed by atoms with Crippen LogP contribution in [0.25, 0.3) is 0 Å². The van der Waals surface area contributed by atoms with E-state index in [9.17, 15) is 8.42 Å². The van der Waals surface area contributed by atoms with Gasteiger partial charge in [-0.05, 0) is 31.4 Å². The van der Waals surface area contributed by atoms with Crippen LogP contribution >= 0.6 is 0 Å². The molecular formula is C14H23NO2S. The molecule has 0 radical (unpaired) electrons. The first-order valence-electron chi connectivity index (χ1n) is 6.46. The highest BCUT2D eigenvalue weighted by Crippen LogP contribution is 2.05. The summed E-state index contributed by atoms with van der Waals surface area (Å²) >= 11 is 0. The van der Waals surface area contributed by atoms with Gasteiger partial charge >= 0.3 is 0 Å². The maximum atomic E-state index is 11.0. The third-order valence-corrected chi connectivity index (χ3v) is 3.97. The molecule has 0 aliphatic rings. The molecule has 0 heterocycles. The topological polar surface area (TPSA) is 46.2 Å². The molecule has 102 valence electrons. The Morgan fingerprint density at radius 2 is 1.89 bits per heavy atom. The molecule has 0 bridgehead atoms. The molecule has 0 saturated heterocycles. The molecule has 1 rings (SSSR count). The monoisotopic (exact) mass is 269 g/mol. The lowest BCUT2D eigenvalue weighted by Gasteiger charge is -2.16. The molecule has 4 heteroatoms. The lowest BCUT2D eigenvalue weighted by atomic mass is 10.0. The van der Waals surface area contributed by atoms with Gasteiger partial charge in [0.25, 0.3) is 0 Å². The molecule has 18 heavy (non-hydrogen) atoms. The standard InChI is InChI=1S/C14H23NO2S/c1-3-14(12-13-8-5-4-6-9-13)15-10-7-11-18(2,16)17/h4-6,8-9,14-15H,3,7,10-12H2,1-2H3. The van der Waals surface area contributed by atoms with Crippen LogP contribution in [0.1, 0.15) is 25.3 Å². The number of rotatable bonds is 8. The van der Waals surface area contributed by atoms with Crippen molar-refractivity contribution in [1.29, 1.82) is 0 Å². The van der Waals surface area contributed by atoms with Crippen LogP contribution in [-0.2, 0) is 16.3 Å². The van der Waals surface area contributed by atoms with Gasteiger partial charge in [0.1, 0.15) is 9.84 Å². The number of hydrogen-bond acceptors (Lipinski definition) is 3. The Kier molecular flexibility index (Phi) is 6.36. The van der Waals surface area contributed by atoms with Gasteiger partial charge in [-0.2, -0.15) is 0 Å². The molecule has 0 spiro atoms. The van der Waals surface area contributed by atoms with Crippen molar-refractivity contribution in [2.75, 3.05) is 18.6 Å². The second kappa shape index (κ2) is 7.54. The van der Waals surface area contributed by atoms with E-state index in [4.69, 9.17) is 0 Å². The van der Waals surface area contributed by atoms with E-state index in [0.29, 0.717) is 12.5 Å². The fourth-order valence-electron chi connectivity index (χ4n) is 1.90. The fourth-order valence-corrected chi connectivity index (χ4v) is 2.57. The predicted octanol–water partition coefficient (Wildman–Crippen LogP) is 2.03. The second-order valence-corrected chi connectivity index (χ2v) is 6.99. The molecule has 0 aromatic heterocycles. The average Bonchev–Trinajstić information content (AvgIpc) is 2.33. The summed E-state index contributed by atoms with van der Waals surface area (Å²) in [7, 11) is -2.83. The van der Waals surface area contributed by atoms with E-state index >= 15 is 0 Å². The number of nitrogens with one attached hydrogen (secondary N) is 1. The minimum atomic E-state index is -2.83. The van der Waals surface area contributed by atoms with Gasteiger partial charge < -0.3 is 5.32 Å². The van der Waals surface area contributed by atoms with Gasteiger partial charge in [-0.15, -0.1) is 0 Å². The van der Waals surface area contributed by atoms with Crippen molar-refractivity contribution in [3.05, 3.63) is 35.9 Å². The van der Waals surface area contributed by atoms with Crippen molar-refractivity contribution in [2.45, 2.75) is 32.2 Å². The fraction of sp³-hybridized carbons (Fsp3) is 0.571. The maximum Gasteiger partial charge on any atom is 0.147 e. The molecule has 3 nitrogen and oxygen atoms in total. The van der Waals surface area contributed by atoms with Gasteiger partial charge in [0.15, 0.2) is 0 Å². The third kappa shape index (κ3) is 6.77. The van der Waals surface area contributed by atoms with Crippen LogP contribution in [0.5, 0.6) is 0 Å². The van der Waals surface area contributed by atoms with Crippen molar-refractivity contribution in [3.63, 3.8) is 0 Å². The highest BCUT2D eigenvalue weighted by atomic mass is 32.2. The van der Waals surface area contributed by atoms with E-state index < -0.39 is 9.84 Å². The van der Waals surface area contributed by atoms with Crippen molar-refractivity contribution < 1.29 is 8.42 Å². The van der Waals surface area contributed by atoms with Gasteiger partial charge in [0.05, 0.1) is 5.75 Å². The van der Waals surface area contributed by atoms with E-state index in [1.54, 1.807) is 0 Å². The Balaban J connectivity index is 2.30. The van der Waals surface area contributed by atoms with Crippen molar-refractivity contribution in [1.82, 2.24) is 5.32 Å². The molecule has 0 amide bonds. The summed E-state index contributed by atoms with van der Waals surface area (Å²) in [6, 6.07) is 10.8. The molecule has 0 aliphatic heterocycles. The van der Waals surface area contributed by atoms with Gasteiger partial charge in [0, 0.05) is 12.3 Å². The van der Waals surface area contributed by atoms with Crippen molar-refractivity contribution in [3.8, 4) is 0 Å². The number of sulfone groups is 1. The third-order valence-electron chi connectivity index (χ3n) is 2.94. The summed E-state index contributed by atoms with van der Waals surface area (Å²) in [5.41, 5.74) is 1.32. The van der Waals surface area contributed by atoms with Gasteiger partial charge in [-0.3, -0.25) is 0 Å². The van der Waals surface area contributed by atoms with Gasteiger partial charge in [0.2, 0.25) is 0 Å². The van der Waals surface area contributed by atoms with Crippen LogP contribution < -0.4 is 5.32 Å². The highest BCUT2D eigenvalue weighted by molar-refractivity contribution is 7.90. The van der Waals surface area contributed by atoms with Crippen LogP contribution in [0.15, 0.2) is 30.3 Å². The summed E-state index contributed by atoms with van der Waals surface area (Å²) in [5.74, 6) is 0.266. The van der Waals surface area contributed by atoms with E-state index in [1.807, 2.05) is 18.2 Å². The Bertz CT molecular complexity index is 428. The first-order chi connectivity index (χ1) is 8.51. The average molecular weight is 269 g/mol. The Labute approximate surface area is 111 Å². The normalized spacial score (nSPS) is 13.4. The Hall–Kier alpha value is -0.870. The van der Waals surface area contributed by atoms with Crippen molar-refractivity contribution in [2.24, 2.45) is 0 Å². The summed E-state index contributed by atoms with van der Waals surface area (Å²) in [6.07, 6.45) is 4.02. The molecule has 1 aromatic rings. The lowest BCUT2D eigenvalue weighted by Crippen LogP contribution is -2.32. The van der Waals surface area contributed by atoms with Crippen LogP contribution in [-0.4, -0.2) is 33.0 Å². The second-order valence-electron chi connectivity index (χ2n) is 4.73. The van der Waals surface area contributed by atoms with E-state index in [-0.39, 0.29) is 5.75 Å². The molecule has 0 fully saturated rings. The molecule has 1 atom stereocenters. The molecule has 1 aromatic carbocycles.